The van der Waals surface area contributed by atoms with Crippen molar-refractivity contribution in [1.82, 2.24) is 5.32 Å². The minimum Gasteiger partial charge on any atom is -0.313 e. The fourth-order valence-electron chi connectivity index (χ4n) is 2.81. The summed E-state index contributed by atoms with van der Waals surface area (Å²) in [5.74, 6) is -0.351. The van der Waals surface area contributed by atoms with Gasteiger partial charge in [-0.25, -0.2) is 8.78 Å². The van der Waals surface area contributed by atoms with Crippen molar-refractivity contribution in [3.63, 3.8) is 0 Å². The highest BCUT2D eigenvalue weighted by molar-refractivity contribution is 5.21. The van der Waals surface area contributed by atoms with E-state index in [1.807, 2.05) is 0 Å². The van der Waals surface area contributed by atoms with E-state index in [0.717, 1.165) is 19.0 Å². The summed E-state index contributed by atoms with van der Waals surface area (Å²) in [4.78, 5) is 0. The predicted octanol–water partition coefficient (Wildman–Crippen LogP) is 3.92. The van der Waals surface area contributed by atoms with Gasteiger partial charge in [-0.3, -0.25) is 0 Å². The Morgan fingerprint density at radius 2 is 2.05 bits per heavy atom. The number of hydrogen-bond donors (Lipinski definition) is 1. The molecule has 1 aromatic rings. The Morgan fingerprint density at radius 1 is 1.37 bits per heavy atom. The molecule has 0 aliphatic heterocycles. The van der Waals surface area contributed by atoms with E-state index >= 15 is 0 Å². The van der Waals surface area contributed by atoms with Crippen LogP contribution in [0.25, 0.3) is 0 Å². The lowest BCUT2D eigenvalue weighted by Gasteiger charge is -2.20. The van der Waals surface area contributed by atoms with Crippen LogP contribution in [0.2, 0.25) is 0 Å². The Kier molecular flexibility index (Phi) is 4.24. The third-order valence-corrected chi connectivity index (χ3v) is 4.19. The van der Waals surface area contributed by atoms with Crippen molar-refractivity contribution < 1.29 is 8.78 Å². The molecule has 3 heteroatoms. The maximum Gasteiger partial charge on any atom is 0.129 e. The summed E-state index contributed by atoms with van der Waals surface area (Å²) < 4.78 is 26.7. The Balaban J connectivity index is 2.07. The van der Waals surface area contributed by atoms with Gasteiger partial charge in [-0.05, 0) is 48.8 Å². The maximum atomic E-state index is 13.7. The first kappa shape index (κ1) is 14.4. The van der Waals surface area contributed by atoms with Crippen LogP contribution in [-0.4, -0.2) is 12.6 Å². The van der Waals surface area contributed by atoms with Crippen LogP contribution in [0.3, 0.4) is 0 Å². The molecule has 106 valence electrons. The van der Waals surface area contributed by atoms with Crippen LogP contribution in [0.4, 0.5) is 8.78 Å². The lowest BCUT2D eigenvalue weighted by Crippen LogP contribution is -2.35. The maximum absolute atomic E-state index is 13.7. The number of hydrogen-bond acceptors (Lipinski definition) is 1. The molecule has 0 spiro atoms. The molecule has 0 saturated heterocycles. The Bertz CT molecular complexity index is 442. The van der Waals surface area contributed by atoms with Crippen molar-refractivity contribution in [2.75, 3.05) is 6.54 Å². The van der Waals surface area contributed by atoms with Crippen LogP contribution in [-0.2, 0) is 6.42 Å². The third-order valence-electron chi connectivity index (χ3n) is 4.19. The summed E-state index contributed by atoms with van der Waals surface area (Å²) in [6.45, 7) is 7.57. The Labute approximate surface area is 114 Å². The molecule has 1 aliphatic rings. The highest BCUT2D eigenvalue weighted by Gasteiger charge is 2.49. The monoisotopic (exact) mass is 267 g/mol. The van der Waals surface area contributed by atoms with Gasteiger partial charge in [0.2, 0.25) is 0 Å². The second kappa shape index (κ2) is 5.58. The van der Waals surface area contributed by atoms with Gasteiger partial charge in [-0.2, -0.15) is 0 Å². The van der Waals surface area contributed by atoms with E-state index in [1.54, 1.807) is 6.07 Å². The summed E-state index contributed by atoms with van der Waals surface area (Å²) in [5.41, 5.74) is 0.958. The van der Waals surface area contributed by atoms with Crippen molar-refractivity contribution in [3.05, 3.63) is 35.4 Å². The fourth-order valence-corrected chi connectivity index (χ4v) is 2.81. The van der Waals surface area contributed by atoms with E-state index in [-0.39, 0.29) is 6.04 Å². The van der Waals surface area contributed by atoms with Crippen molar-refractivity contribution in [1.29, 1.82) is 0 Å². The van der Waals surface area contributed by atoms with Crippen molar-refractivity contribution >= 4 is 0 Å². The largest absolute Gasteiger partial charge is 0.313 e. The summed E-state index contributed by atoms with van der Waals surface area (Å²) >= 11 is 0. The molecule has 1 saturated carbocycles. The van der Waals surface area contributed by atoms with Gasteiger partial charge in [0.1, 0.15) is 11.6 Å². The predicted molar refractivity (Wildman–Crippen MR) is 74.0 cm³/mol. The van der Waals surface area contributed by atoms with Crippen molar-refractivity contribution in [3.8, 4) is 0 Å². The quantitative estimate of drug-likeness (QED) is 0.823. The summed E-state index contributed by atoms with van der Waals surface area (Å²) in [5, 5.41) is 3.52. The molecule has 1 N–H and O–H groups in total. The molecule has 0 aromatic heterocycles. The molecule has 2 rings (SSSR count). The molecule has 1 aromatic carbocycles. The van der Waals surface area contributed by atoms with E-state index in [9.17, 15) is 8.78 Å². The van der Waals surface area contributed by atoms with Gasteiger partial charge in [-0.15, -0.1) is 0 Å². The second-order valence-corrected chi connectivity index (χ2v) is 6.30. The van der Waals surface area contributed by atoms with Crippen LogP contribution >= 0.6 is 0 Å². The molecule has 19 heavy (non-hydrogen) atoms. The molecule has 0 heterocycles. The smallest absolute Gasteiger partial charge is 0.129 e. The van der Waals surface area contributed by atoms with E-state index in [1.165, 1.54) is 12.5 Å². The van der Waals surface area contributed by atoms with Crippen molar-refractivity contribution in [2.24, 2.45) is 11.3 Å². The molecule has 1 fully saturated rings. The molecule has 0 bridgehead atoms. The number of halogens is 2. The number of benzene rings is 1. The van der Waals surface area contributed by atoms with Crippen LogP contribution in [0, 0.1) is 23.0 Å². The zero-order valence-electron chi connectivity index (χ0n) is 12.0. The zero-order chi connectivity index (χ0) is 14.0. The molecule has 0 radical (unpaired) electrons. The van der Waals surface area contributed by atoms with Crippen LogP contribution in [0.5, 0.6) is 0 Å². The Morgan fingerprint density at radius 3 is 2.58 bits per heavy atom. The lowest BCUT2D eigenvalue weighted by molar-refractivity contribution is 0.397. The fraction of sp³-hybridized carbons (Fsp3) is 0.625. The van der Waals surface area contributed by atoms with Crippen LogP contribution in [0.1, 0.15) is 39.2 Å². The first-order valence-corrected chi connectivity index (χ1v) is 7.11. The summed E-state index contributed by atoms with van der Waals surface area (Å²) in [7, 11) is 0. The standard InChI is InChI=1S/C16H23F2N/c1-4-7-19-15(13-10-16(13,2)3)8-11-5-6-12(17)9-14(11)18/h5-6,9,13,15,19H,4,7-8,10H2,1-3H3. The molecule has 0 amide bonds. The van der Waals surface area contributed by atoms with Gasteiger partial charge in [0.15, 0.2) is 0 Å². The first-order chi connectivity index (χ1) is 8.94. The van der Waals surface area contributed by atoms with Gasteiger partial charge in [0.05, 0.1) is 0 Å². The molecular formula is C16H23F2N. The molecule has 1 nitrogen and oxygen atoms in total. The number of nitrogens with one attached hydrogen (secondary N) is 1. The molecular weight excluding hydrogens is 244 g/mol. The molecule has 2 atom stereocenters. The van der Waals surface area contributed by atoms with Crippen LogP contribution in [0.15, 0.2) is 18.2 Å². The number of rotatable bonds is 6. The molecule has 1 aliphatic carbocycles. The third kappa shape index (κ3) is 3.53. The topological polar surface area (TPSA) is 12.0 Å². The van der Waals surface area contributed by atoms with Gasteiger partial charge in [0.25, 0.3) is 0 Å². The SMILES string of the molecule is CCCNC(Cc1ccc(F)cc1F)C1CC1(C)C. The Hall–Kier alpha value is -0.960. The average Bonchev–Trinajstić information content (AvgIpc) is 2.96. The first-order valence-electron chi connectivity index (χ1n) is 7.11. The van der Waals surface area contributed by atoms with E-state index in [4.69, 9.17) is 0 Å². The van der Waals surface area contributed by atoms with E-state index < -0.39 is 11.6 Å². The second-order valence-electron chi connectivity index (χ2n) is 6.30. The van der Waals surface area contributed by atoms with Gasteiger partial charge in [0, 0.05) is 12.1 Å². The minimum absolute atomic E-state index is 0.287. The van der Waals surface area contributed by atoms with Crippen molar-refractivity contribution in [2.45, 2.75) is 46.1 Å². The van der Waals surface area contributed by atoms with Gasteiger partial charge >= 0.3 is 0 Å². The van der Waals surface area contributed by atoms with E-state index in [0.29, 0.717) is 23.3 Å². The lowest BCUT2D eigenvalue weighted by atomic mass is 9.97. The zero-order valence-corrected chi connectivity index (χ0v) is 12.0. The summed E-state index contributed by atoms with van der Waals surface area (Å²) in [6.07, 6.45) is 2.88. The average molecular weight is 267 g/mol. The van der Waals surface area contributed by atoms with Gasteiger partial charge in [-0.1, -0.05) is 26.8 Å². The van der Waals surface area contributed by atoms with Gasteiger partial charge < -0.3 is 5.32 Å². The minimum atomic E-state index is -0.508. The highest BCUT2D eigenvalue weighted by atomic mass is 19.1. The van der Waals surface area contributed by atoms with Crippen LogP contribution < -0.4 is 5.32 Å². The molecule has 2 unspecified atom stereocenters. The van der Waals surface area contributed by atoms with E-state index in [2.05, 4.69) is 26.1 Å². The highest BCUT2D eigenvalue weighted by Crippen LogP contribution is 2.54. The summed E-state index contributed by atoms with van der Waals surface area (Å²) in [6, 6.07) is 4.17. The normalized spacial score (nSPS) is 22.3.